The third kappa shape index (κ3) is 4.97. The fourth-order valence-corrected chi connectivity index (χ4v) is 3.89. The van der Waals surface area contributed by atoms with Crippen LogP contribution in [0.4, 0.5) is 23.4 Å². The number of para-hydroxylation sites is 1. The van der Waals surface area contributed by atoms with Crippen molar-refractivity contribution >= 4 is 23.0 Å². The van der Waals surface area contributed by atoms with E-state index in [0.717, 1.165) is 24.4 Å². The molecule has 0 aliphatic carbocycles. The molecule has 33 heavy (non-hydrogen) atoms. The van der Waals surface area contributed by atoms with Crippen LogP contribution in [0.5, 0.6) is 5.75 Å². The number of nitrogens with zero attached hydrogens (tertiary/aromatic N) is 4. The van der Waals surface area contributed by atoms with Gasteiger partial charge in [0.25, 0.3) is 0 Å². The van der Waals surface area contributed by atoms with E-state index in [9.17, 15) is 17.6 Å². The summed E-state index contributed by atoms with van der Waals surface area (Å²) >= 11 is 0. The lowest BCUT2D eigenvalue weighted by molar-refractivity contribution is -0.192. The molecule has 176 valence electrons. The van der Waals surface area contributed by atoms with E-state index < -0.39 is 12.1 Å². The molecule has 2 N–H and O–H groups in total. The number of rotatable bonds is 4. The summed E-state index contributed by atoms with van der Waals surface area (Å²) in [5.74, 6) is -1.40. The number of H-pyrrole nitrogens is 1. The van der Waals surface area contributed by atoms with Crippen molar-refractivity contribution in [3.63, 3.8) is 0 Å². The average molecular weight is 469 g/mol. The zero-order valence-electron chi connectivity index (χ0n) is 17.0. The van der Waals surface area contributed by atoms with Crippen molar-refractivity contribution in [1.82, 2.24) is 19.9 Å². The summed E-state index contributed by atoms with van der Waals surface area (Å²) in [5, 5.41) is 7.12. The monoisotopic (exact) mass is 469 g/mol. The largest absolute Gasteiger partial charge is 0.490 e. The molecule has 0 unspecified atom stereocenters. The first-order valence-electron chi connectivity index (χ1n) is 9.92. The van der Waals surface area contributed by atoms with Gasteiger partial charge < -0.3 is 24.5 Å². The zero-order chi connectivity index (χ0) is 23.6. The maximum absolute atomic E-state index is 13.7. The van der Waals surface area contributed by atoms with Gasteiger partial charge in [-0.25, -0.2) is 24.1 Å². The maximum atomic E-state index is 13.7. The fourth-order valence-electron chi connectivity index (χ4n) is 3.89. The zero-order valence-corrected chi connectivity index (χ0v) is 17.0. The molecule has 3 atom stereocenters. The van der Waals surface area contributed by atoms with Crippen LogP contribution in [0.1, 0.15) is 0 Å². The van der Waals surface area contributed by atoms with Crippen LogP contribution in [0.25, 0.3) is 11.2 Å². The lowest BCUT2D eigenvalue weighted by atomic mass is 9.94. The Bertz CT molecular complexity index is 1130. The normalized spacial score (nSPS) is 22.1. The van der Waals surface area contributed by atoms with Crippen LogP contribution < -0.4 is 9.64 Å². The molecule has 0 saturated carbocycles. The molecule has 2 aliphatic rings. The summed E-state index contributed by atoms with van der Waals surface area (Å²) in [6, 6.07) is 6.49. The van der Waals surface area contributed by atoms with Gasteiger partial charge in [-0.2, -0.15) is 13.2 Å². The number of carbonyl (C=O) groups is 1. The second-order valence-electron chi connectivity index (χ2n) is 7.54. The highest BCUT2D eigenvalue weighted by atomic mass is 19.4. The second kappa shape index (κ2) is 9.17. The quantitative estimate of drug-likeness (QED) is 0.561. The minimum absolute atomic E-state index is 0.136. The van der Waals surface area contributed by atoms with Gasteiger partial charge in [0.15, 0.2) is 23.0 Å². The SMILES string of the molecule is Fc1ccccc1OC[C@H]1CO[C@@H]2CN(c3ncnc4nc[nH]c34)C[C@H]12.O=C(O)C(F)(F)F. The van der Waals surface area contributed by atoms with Crippen LogP contribution >= 0.6 is 0 Å². The Labute approximate surface area is 184 Å². The molecule has 13 heteroatoms. The third-order valence-electron chi connectivity index (χ3n) is 5.47. The van der Waals surface area contributed by atoms with E-state index in [-0.39, 0.29) is 17.8 Å². The molecule has 9 nitrogen and oxygen atoms in total. The van der Waals surface area contributed by atoms with Gasteiger partial charge in [0.05, 0.1) is 25.6 Å². The van der Waals surface area contributed by atoms with Crippen LogP contribution in [0.15, 0.2) is 36.9 Å². The first kappa shape index (κ1) is 22.7. The van der Waals surface area contributed by atoms with Crippen LogP contribution in [0.2, 0.25) is 0 Å². The fraction of sp³-hybridized carbons (Fsp3) is 0.400. The summed E-state index contributed by atoms with van der Waals surface area (Å²) in [6.07, 6.45) is -1.79. The smallest absolute Gasteiger partial charge is 0.490 e. The highest BCUT2D eigenvalue weighted by molar-refractivity contribution is 5.82. The van der Waals surface area contributed by atoms with Gasteiger partial charge in [-0.3, -0.25) is 0 Å². The number of benzene rings is 1. The van der Waals surface area contributed by atoms with E-state index in [0.29, 0.717) is 30.5 Å². The number of aromatic nitrogens is 4. The highest BCUT2D eigenvalue weighted by Gasteiger charge is 2.45. The Balaban J connectivity index is 0.000000325. The van der Waals surface area contributed by atoms with Crippen molar-refractivity contribution in [2.75, 3.05) is 31.2 Å². The molecular formula is C20H19F4N5O4. The number of hydrogen-bond donors (Lipinski definition) is 2. The van der Waals surface area contributed by atoms with Crippen molar-refractivity contribution < 1.29 is 36.9 Å². The van der Waals surface area contributed by atoms with Gasteiger partial charge in [-0.1, -0.05) is 12.1 Å². The first-order chi connectivity index (χ1) is 15.7. The summed E-state index contributed by atoms with van der Waals surface area (Å²) in [5.41, 5.74) is 1.50. The second-order valence-corrected chi connectivity index (χ2v) is 7.54. The molecule has 0 amide bonds. The number of fused-ring (bicyclic) bond motifs is 2. The number of anilines is 1. The van der Waals surface area contributed by atoms with Crippen LogP contribution in [0.3, 0.4) is 0 Å². The van der Waals surface area contributed by atoms with Gasteiger partial charge in [0, 0.05) is 24.9 Å². The minimum atomic E-state index is -5.08. The topological polar surface area (TPSA) is 113 Å². The standard InChI is InChI=1S/C18H18FN5O2.C2HF3O2/c19-13-3-1-2-4-14(13)25-7-11-8-26-15-6-24(5-12(11)15)18-16-17(21-9-20-16)22-10-23-18;3-2(4,5)1(6)7/h1-4,9-12,15H,5-8H2,(H,20,21,22,23);(H,6,7)/t11-,12+,15+;/m0./s1. The van der Waals surface area contributed by atoms with E-state index in [1.807, 2.05) is 0 Å². The lowest BCUT2D eigenvalue weighted by Crippen LogP contribution is -2.27. The van der Waals surface area contributed by atoms with E-state index in [2.05, 4.69) is 24.8 Å². The molecule has 2 saturated heterocycles. The number of carboxylic acids is 1. The van der Waals surface area contributed by atoms with E-state index in [1.54, 1.807) is 24.5 Å². The van der Waals surface area contributed by atoms with Crippen molar-refractivity contribution in [2.24, 2.45) is 11.8 Å². The van der Waals surface area contributed by atoms with Crippen molar-refractivity contribution in [3.05, 3.63) is 42.7 Å². The predicted octanol–water partition coefficient (Wildman–Crippen LogP) is 2.66. The number of carboxylic acid groups (broad SMARTS) is 1. The van der Waals surface area contributed by atoms with Gasteiger partial charge >= 0.3 is 12.1 Å². The number of alkyl halides is 3. The van der Waals surface area contributed by atoms with Gasteiger partial charge in [-0.05, 0) is 12.1 Å². The minimum Gasteiger partial charge on any atom is -0.490 e. The number of aromatic amines is 1. The Morgan fingerprint density at radius 1 is 1.24 bits per heavy atom. The molecular weight excluding hydrogens is 450 g/mol. The molecule has 1 aromatic carbocycles. The van der Waals surface area contributed by atoms with E-state index in [4.69, 9.17) is 19.4 Å². The van der Waals surface area contributed by atoms with Crippen LogP contribution in [-0.4, -0.2) is 69.6 Å². The molecule has 0 bridgehead atoms. The van der Waals surface area contributed by atoms with Gasteiger partial charge in [0.1, 0.15) is 11.8 Å². The Hall–Kier alpha value is -3.48. The molecule has 4 heterocycles. The summed E-state index contributed by atoms with van der Waals surface area (Å²) < 4.78 is 57.2. The highest BCUT2D eigenvalue weighted by Crippen LogP contribution is 2.37. The van der Waals surface area contributed by atoms with Crippen molar-refractivity contribution in [3.8, 4) is 5.75 Å². The number of ether oxygens (including phenoxy) is 2. The first-order valence-corrected chi connectivity index (χ1v) is 9.92. The van der Waals surface area contributed by atoms with E-state index >= 15 is 0 Å². The average Bonchev–Trinajstić information content (AvgIpc) is 3.49. The Morgan fingerprint density at radius 2 is 2.00 bits per heavy atom. The molecule has 0 radical (unpaired) electrons. The number of nitrogens with one attached hydrogen (secondary N) is 1. The van der Waals surface area contributed by atoms with Crippen LogP contribution in [0, 0.1) is 17.7 Å². The molecule has 2 aromatic heterocycles. The summed E-state index contributed by atoms with van der Waals surface area (Å²) in [6.45, 7) is 2.67. The molecule has 2 fully saturated rings. The number of imidazole rings is 1. The molecule has 3 aromatic rings. The Kier molecular flexibility index (Phi) is 6.31. The Morgan fingerprint density at radius 3 is 2.73 bits per heavy atom. The van der Waals surface area contributed by atoms with Gasteiger partial charge in [0.2, 0.25) is 0 Å². The predicted molar refractivity (Wildman–Crippen MR) is 106 cm³/mol. The van der Waals surface area contributed by atoms with Crippen LogP contribution in [-0.2, 0) is 9.53 Å². The number of hydrogen-bond acceptors (Lipinski definition) is 7. The van der Waals surface area contributed by atoms with Gasteiger partial charge in [-0.15, -0.1) is 0 Å². The molecule has 5 rings (SSSR count). The maximum Gasteiger partial charge on any atom is 0.490 e. The van der Waals surface area contributed by atoms with Crippen molar-refractivity contribution in [1.29, 1.82) is 0 Å². The number of halogens is 4. The summed E-state index contributed by atoms with van der Waals surface area (Å²) in [4.78, 5) is 27.0. The summed E-state index contributed by atoms with van der Waals surface area (Å²) in [7, 11) is 0. The van der Waals surface area contributed by atoms with E-state index in [1.165, 1.54) is 12.4 Å². The van der Waals surface area contributed by atoms with Crippen molar-refractivity contribution in [2.45, 2.75) is 12.3 Å². The lowest BCUT2D eigenvalue weighted by Gasteiger charge is -2.21. The third-order valence-corrected chi connectivity index (χ3v) is 5.47. The molecule has 2 aliphatic heterocycles. The molecule has 0 spiro atoms. The number of aliphatic carboxylic acids is 1.